The number of rotatable bonds is 7. The van der Waals surface area contributed by atoms with Crippen molar-refractivity contribution in [2.75, 3.05) is 32.8 Å². The van der Waals surface area contributed by atoms with Crippen LogP contribution in [0.1, 0.15) is 35.6 Å². The van der Waals surface area contributed by atoms with Crippen molar-refractivity contribution in [1.29, 1.82) is 0 Å². The Balaban J connectivity index is 1.25. The number of amides is 1. The SMILES string of the molecule is O=C(N[C@H](CN1CCCC1)[C@H](O)c1cc(F)c2c(c1)OCCO2)C1=NOCc2cc(-c3ccc(F)cc3)ccc21. The van der Waals surface area contributed by atoms with Crippen molar-refractivity contribution in [3.8, 4) is 22.6 Å². The second-order valence-electron chi connectivity index (χ2n) is 10.2. The van der Waals surface area contributed by atoms with Gasteiger partial charge in [0.1, 0.15) is 31.7 Å². The first-order valence-electron chi connectivity index (χ1n) is 13.4. The zero-order valence-corrected chi connectivity index (χ0v) is 21.7. The Kier molecular flexibility index (Phi) is 7.36. The summed E-state index contributed by atoms with van der Waals surface area (Å²) < 4.78 is 39.1. The van der Waals surface area contributed by atoms with Crippen molar-refractivity contribution < 1.29 is 33.0 Å². The highest BCUT2D eigenvalue weighted by Crippen LogP contribution is 2.36. The summed E-state index contributed by atoms with van der Waals surface area (Å²) in [5.74, 6) is -1.22. The van der Waals surface area contributed by atoms with E-state index in [4.69, 9.17) is 14.3 Å². The lowest BCUT2D eigenvalue weighted by Gasteiger charge is -2.30. The summed E-state index contributed by atoms with van der Waals surface area (Å²) >= 11 is 0. The van der Waals surface area contributed by atoms with Gasteiger partial charge in [0.2, 0.25) is 0 Å². The summed E-state index contributed by atoms with van der Waals surface area (Å²) in [6.07, 6.45) is 0.833. The van der Waals surface area contributed by atoms with Crippen LogP contribution in [0.3, 0.4) is 0 Å². The maximum Gasteiger partial charge on any atom is 0.274 e. The van der Waals surface area contributed by atoms with Crippen molar-refractivity contribution in [2.45, 2.75) is 31.6 Å². The van der Waals surface area contributed by atoms with Gasteiger partial charge >= 0.3 is 0 Å². The molecule has 0 bridgehead atoms. The van der Waals surface area contributed by atoms with E-state index in [-0.39, 0.29) is 48.4 Å². The molecule has 6 rings (SSSR count). The smallest absolute Gasteiger partial charge is 0.274 e. The fourth-order valence-electron chi connectivity index (χ4n) is 5.38. The number of halogens is 2. The van der Waals surface area contributed by atoms with Gasteiger partial charge in [-0.05, 0) is 73.0 Å². The first-order valence-corrected chi connectivity index (χ1v) is 13.4. The highest BCUT2D eigenvalue weighted by Gasteiger charge is 2.32. The van der Waals surface area contributed by atoms with Crippen LogP contribution in [-0.2, 0) is 16.2 Å². The molecule has 10 heteroatoms. The molecule has 3 aromatic carbocycles. The minimum Gasteiger partial charge on any atom is -0.486 e. The van der Waals surface area contributed by atoms with Gasteiger partial charge in [0, 0.05) is 17.7 Å². The first-order chi connectivity index (χ1) is 19.5. The van der Waals surface area contributed by atoms with E-state index >= 15 is 0 Å². The molecule has 3 heterocycles. The van der Waals surface area contributed by atoms with Crippen molar-refractivity contribution in [3.05, 3.63) is 82.9 Å². The highest BCUT2D eigenvalue weighted by molar-refractivity contribution is 6.45. The number of aliphatic hydroxyl groups excluding tert-OH is 1. The van der Waals surface area contributed by atoms with E-state index < -0.39 is 23.9 Å². The molecule has 3 aromatic rings. The normalized spacial score (nSPS) is 17.8. The molecule has 0 aromatic heterocycles. The van der Waals surface area contributed by atoms with Crippen LogP contribution in [0.4, 0.5) is 8.78 Å². The number of aliphatic hydroxyl groups is 1. The maximum atomic E-state index is 14.8. The Bertz CT molecular complexity index is 1440. The largest absolute Gasteiger partial charge is 0.486 e. The van der Waals surface area contributed by atoms with Crippen LogP contribution in [0.15, 0.2) is 59.8 Å². The molecule has 0 unspecified atom stereocenters. The van der Waals surface area contributed by atoms with Crippen LogP contribution < -0.4 is 14.8 Å². The third-order valence-corrected chi connectivity index (χ3v) is 7.44. The molecule has 8 nitrogen and oxygen atoms in total. The molecule has 3 aliphatic rings. The molecule has 0 spiro atoms. The number of hydrogen-bond donors (Lipinski definition) is 2. The lowest BCUT2D eigenvalue weighted by molar-refractivity contribution is -0.116. The number of fused-ring (bicyclic) bond motifs is 2. The van der Waals surface area contributed by atoms with Gasteiger partial charge in [-0.2, -0.15) is 0 Å². The summed E-state index contributed by atoms with van der Waals surface area (Å²) in [6, 6.07) is 13.7. The van der Waals surface area contributed by atoms with E-state index in [2.05, 4.69) is 15.4 Å². The molecule has 40 heavy (non-hydrogen) atoms. The number of nitrogens with one attached hydrogen (secondary N) is 1. The van der Waals surface area contributed by atoms with Gasteiger partial charge in [0.25, 0.3) is 5.91 Å². The number of nitrogens with zero attached hydrogens (tertiary/aromatic N) is 2. The van der Waals surface area contributed by atoms with E-state index in [1.165, 1.54) is 18.2 Å². The summed E-state index contributed by atoms with van der Waals surface area (Å²) in [6.45, 7) is 2.75. The molecule has 1 saturated heterocycles. The van der Waals surface area contributed by atoms with Crippen molar-refractivity contribution in [3.63, 3.8) is 0 Å². The number of ether oxygens (including phenoxy) is 2. The average molecular weight is 550 g/mol. The summed E-state index contributed by atoms with van der Waals surface area (Å²) in [7, 11) is 0. The molecule has 208 valence electrons. The van der Waals surface area contributed by atoms with E-state index in [0.717, 1.165) is 42.6 Å². The minimum atomic E-state index is -1.22. The average Bonchev–Trinajstić information content (AvgIpc) is 3.49. The number of hydrogen-bond acceptors (Lipinski definition) is 7. The lowest BCUT2D eigenvalue weighted by atomic mass is 9.95. The van der Waals surface area contributed by atoms with Crippen molar-refractivity contribution in [2.24, 2.45) is 5.16 Å². The van der Waals surface area contributed by atoms with Gasteiger partial charge in [0.15, 0.2) is 23.0 Å². The van der Waals surface area contributed by atoms with Gasteiger partial charge in [-0.25, -0.2) is 8.78 Å². The topological polar surface area (TPSA) is 92.6 Å². The Morgan fingerprint density at radius 1 is 1.00 bits per heavy atom. The van der Waals surface area contributed by atoms with Gasteiger partial charge in [-0.15, -0.1) is 0 Å². The predicted octanol–water partition coefficient (Wildman–Crippen LogP) is 3.95. The Morgan fingerprint density at radius 3 is 2.55 bits per heavy atom. The Morgan fingerprint density at radius 2 is 1.75 bits per heavy atom. The molecular weight excluding hydrogens is 520 g/mol. The molecule has 0 aliphatic carbocycles. The zero-order chi connectivity index (χ0) is 27.6. The van der Waals surface area contributed by atoms with E-state index in [9.17, 15) is 18.7 Å². The summed E-state index contributed by atoms with van der Waals surface area (Å²) in [5.41, 5.74) is 3.41. The number of likely N-dealkylation sites (tertiary alicyclic amines) is 1. The molecule has 2 atom stereocenters. The third-order valence-electron chi connectivity index (χ3n) is 7.44. The molecule has 2 N–H and O–H groups in total. The van der Waals surface area contributed by atoms with Crippen molar-refractivity contribution in [1.82, 2.24) is 10.2 Å². The Hall–Kier alpha value is -4.02. The van der Waals surface area contributed by atoms with Crippen LogP contribution in [0, 0.1) is 11.6 Å². The lowest BCUT2D eigenvalue weighted by Crippen LogP contribution is -2.49. The molecule has 0 radical (unpaired) electrons. The first kappa shape index (κ1) is 26.2. The second kappa shape index (κ2) is 11.2. The quantitative estimate of drug-likeness (QED) is 0.464. The standard InChI is InChI=1S/C30H29F2N3O5/c31-22-6-3-18(4-7-22)19-5-8-23-21(13-19)17-40-34-27(23)30(37)33-25(16-35-9-1-2-10-35)28(36)20-14-24(32)29-26(15-20)38-11-12-39-29/h3-8,13-15,25,28,36H,1-2,9-12,16-17H2,(H,33,37)/t25-,28-/m1/s1. The van der Waals surface area contributed by atoms with E-state index in [1.54, 1.807) is 24.3 Å². The summed E-state index contributed by atoms with van der Waals surface area (Å²) in [5, 5.41) is 18.4. The number of benzene rings is 3. The van der Waals surface area contributed by atoms with Crippen LogP contribution >= 0.6 is 0 Å². The van der Waals surface area contributed by atoms with Crippen LogP contribution in [-0.4, -0.2) is 60.5 Å². The Labute approximate surface area is 230 Å². The number of oxime groups is 1. The van der Waals surface area contributed by atoms with Gasteiger partial charge in [0.05, 0.1) is 6.04 Å². The predicted molar refractivity (Wildman–Crippen MR) is 143 cm³/mol. The maximum absolute atomic E-state index is 14.8. The van der Waals surface area contributed by atoms with Gasteiger partial charge in [-0.3, -0.25) is 4.79 Å². The van der Waals surface area contributed by atoms with E-state index in [1.807, 2.05) is 12.1 Å². The second-order valence-corrected chi connectivity index (χ2v) is 10.2. The fraction of sp³-hybridized carbons (Fsp3) is 0.333. The molecule has 1 fully saturated rings. The summed E-state index contributed by atoms with van der Waals surface area (Å²) in [4.78, 5) is 21.1. The van der Waals surface area contributed by atoms with Crippen LogP contribution in [0.25, 0.3) is 11.1 Å². The minimum absolute atomic E-state index is 0.0210. The highest BCUT2D eigenvalue weighted by atomic mass is 19.1. The van der Waals surface area contributed by atoms with Crippen LogP contribution in [0.2, 0.25) is 0 Å². The third kappa shape index (κ3) is 5.37. The molecule has 3 aliphatic heterocycles. The molecule has 0 saturated carbocycles. The van der Waals surface area contributed by atoms with E-state index in [0.29, 0.717) is 12.1 Å². The van der Waals surface area contributed by atoms with Crippen molar-refractivity contribution >= 4 is 11.6 Å². The van der Waals surface area contributed by atoms with Crippen LogP contribution in [0.5, 0.6) is 11.5 Å². The monoisotopic (exact) mass is 549 g/mol. The van der Waals surface area contributed by atoms with Gasteiger partial charge in [-0.1, -0.05) is 29.4 Å². The zero-order valence-electron chi connectivity index (χ0n) is 21.7. The molecular formula is C30H29F2N3O5. The number of carbonyl (C=O) groups excluding carboxylic acids is 1. The fourth-order valence-corrected chi connectivity index (χ4v) is 5.38. The molecule has 1 amide bonds. The number of carbonyl (C=O) groups is 1. The van der Waals surface area contributed by atoms with Gasteiger partial charge < -0.3 is 29.6 Å².